The second-order valence-corrected chi connectivity index (χ2v) is 15.7. The van der Waals surface area contributed by atoms with Crippen LogP contribution >= 0.6 is 34.8 Å². The maximum absolute atomic E-state index is 15.2. The Morgan fingerprint density at radius 3 is 2.25 bits per heavy atom. The van der Waals surface area contributed by atoms with Gasteiger partial charge in [-0.05, 0) is 73.6 Å². The minimum atomic E-state index is -4.75. The number of nitrogens with one attached hydrogen (secondary N) is 1. The molecule has 276 valence electrons. The van der Waals surface area contributed by atoms with Gasteiger partial charge in [0.1, 0.15) is 5.75 Å². The van der Waals surface area contributed by atoms with Crippen LogP contribution in [0.15, 0.2) is 66.4 Å². The Hall–Kier alpha value is -4.13. The average Bonchev–Trinajstić information content (AvgIpc) is 3.51. The zero-order chi connectivity index (χ0) is 37.6. The van der Waals surface area contributed by atoms with Crippen molar-refractivity contribution in [3.05, 3.63) is 98.1 Å². The van der Waals surface area contributed by atoms with Gasteiger partial charge < -0.3 is 5.11 Å². The van der Waals surface area contributed by atoms with Crippen molar-refractivity contribution in [2.75, 3.05) is 5.43 Å². The lowest BCUT2D eigenvalue weighted by atomic mass is 9.49. The predicted octanol–water partition coefficient (Wildman–Crippen LogP) is 8.08. The van der Waals surface area contributed by atoms with Gasteiger partial charge >= 0.3 is 6.18 Å². The number of alkyl halides is 3. The van der Waals surface area contributed by atoms with Gasteiger partial charge in [0.05, 0.1) is 33.8 Å². The molecule has 3 aromatic rings. The Morgan fingerprint density at radius 2 is 1.57 bits per heavy atom. The van der Waals surface area contributed by atoms with Gasteiger partial charge in [-0.25, -0.2) is 4.98 Å². The van der Waals surface area contributed by atoms with E-state index in [1.807, 2.05) is 6.08 Å². The van der Waals surface area contributed by atoms with Gasteiger partial charge in [0.15, 0.2) is 5.82 Å². The van der Waals surface area contributed by atoms with Crippen molar-refractivity contribution in [1.82, 2.24) is 14.9 Å². The molecule has 15 heteroatoms. The molecular weight excluding hydrogens is 756 g/mol. The van der Waals surface area contributed by atoms with Crippen molar-refractivity contribution in [2.45, 2.75) is 68.5 Å². The van der Waals surface area contributed by atoms with E-state index in [9.17, 15) is 32.7 Å². The molecule has 5 aliphatic rings. The summed E-state index contributed by atoms with van der Waals surface area (Å²) >= 11 is 19.1. The highest BCUT2D eigenvalue weighted by atomic mass is 35.5. The maximum atomic E-state index is 15.2. The van der Waals surface area contributed by atoms with E-state index in [1.54, 1.807) is 24.3 Å². The Balaban J connectivity index is 1.30. The normalized spacial score (nSPS) is 28.9. The Labute approximate surface area is 317 Å². The summed E-state index contributed by atoms with van der Waals surface area (Å²) in [4.78, 5) is 63.7. The summed E-state index contributed by atoms with van der Waals surface area (Å²) in [6, 6.07) is 11.2. The number of aromatic nitrogens is 1. The number of halogens is 6. The molecule has 8 rings (SSSR count). The molecule has 4 fully saturated rings. The van der Waals surface area contributed by atoms with Crippen LogP contribution in [0.3, 0.4) is 0 Å². The molecular formula is C38H32Cl3F3N4O5. The number of likely N-dealkylation sites (tertiary alicyclic amines) is 1. The molecule has 6 atom stereocenters. The van der Waals surface area contributed by atoms with Crippen molar-refractivity contribution in [3.63, 3.8) is 0 Å². The summed E-state index contributed by atoms with van der Waals surface area (Å²) in [5, 5.41) is 12.3. The lowest BCUT2D eigenvalue weighted by molar-refractivity contribution is -0.144. The van der Waals surface area contributed by atoms with E-state index in [-0.39, 0.29) is 52.9 Å². The van der Waals surface area contributed by atoms with Gasteiger partial charge in [-0.1, -0.05) is 77.8 Å². The van der Waals surface area contributed by atoms with Crippen molar-refractivity contribution < 1.29 is 37.5 Å². The molecule has 2 N–H and O–H groups in total. The number of phenolic OH excluding ortho intramolecular Hbond substituents is 1. The van der Waals surface area contributed by atoms with Crippen LogP contribution in [-0.2, 0) is 30.8 Å². The van der Waals surface area contributed by atoms with Gasteiger partial charge in [-0.2, -0.15) is 18.2 Å². The number of pyridine rings is 1. The fourth-order valence-corrected chi connectivity index (χ4v) is 10.1. The molecule has 9 nitrogen and oxygen atoms in total. The van der Waals surface area contributed by atoms with Crippen LogP contribution in [0.4, 0.5) is 19.0 Å². The van der Waals surface area contributed by atoms with Crippen molar-refractivity contribution in [2.24, 2.45) is 23.7 Å². The van der Waals surface area contributed by atoms with Gasteiger partial charge in [-0.3, -0.25) is 29.5 Å². The standard InChI is InChI=1S/C38H32Cl3F3N4O5/c39-20-8-6-18(7-9-20)37-27(34(51)48(36(37)53)46-32-28(41)14-19(17-45-32)38(42,43)44)16-25-23(31(37)26-15-21(40)10-13-29(26)49)11-12-24-30(25)35(52)47(33(24)50)22-4-2-1-3-5-22/h6-11,13-15,17,22,24-25,27,30-31,49H,1-5,12,16H2,(H,45,46)/t24-,25+,27-,30-,31+,37+/m0/s1. The number of carbonyl (C=O) groups is 4. The third kappa shape index (κ3) is 5.54. The first-order valence-corrected chi connectivity index (χ1v) is 18.6. The quantitative estimate of drug-likeness (QED) is 0.198. The van der Waals surface area contributed by atoms with Crippen LogP contribution in [0.1, 0.15) is 67.6 Å². The summed E-state index contributed by atoms with van der Waals surface area (Å²) in [5.41, 5.74) is 0.878. The van der Waals surface area contributed by atoms with Crippen LogP contribution in [-0.4, -0.2) is 49.7 Å². The van der Waals surface area contributed by atoms with Crippen molar-refractivity contribution >= 4 is 64.2 Å². The van der Waals surface area contributed by atoms with Gasteiger partial charge in [0.2, 0.25) is 11.8 Å². The molecule has 4 amide bonds. The van der Waals surface area contributed by atoms with E-state index in [0.717, 1.165) is 32.1 Å². The van der Waals surface area contributed by atoms with E-state index in [2.05, 4.69) is 10.4 Å². The van der Waals surface area contributed by atoms with E-state index in [1.165, 1.54) is 23.1 Å². The lowest BCUT2D eigenvalue weighted by Crippen LogP contribution is -2.53. The molecule has 0 spiro atoms. The first-order valence-electron chi connectivity index (χ1n) is 17.4. The molecule has 0 radical (unpaired) electrons. The monoisotopic (exact) mass is 786 g/mol. The third-order valence-electron chi connectivity index (χ3n) is 11.8. The number of allylic oxidation sites excluding steroid dienone is 2. The van der Waals surface area contributed by atoms with Crippen LogP contribution in [0.25, 0.3) is 0 Å². The van der Waals surface area contributed by atoms with Gasteiger partial charge in [-0.15, -0.1) is 0 Å². The number of carbonyl (C=O) groups excluding carboxylic acids is 4. The zero-order valence-corrected chi connectivity index (χ0v) is 30.1. The minimum absolute atomic E-state index is 0.0259. The largest absolute Gasteiger partial charge is 0.508 e. The number of aromatic hydroxyl groups is 1. The fourth-order valence-electron chi connectivity index (χ4n) is 9.61. The highest BCUT2D eigenvalue weighted by Crippen LogP contribution is 2.65. The van der Waals surface area contributed by atoms with E-state index >= 15 is 4.79 Å². The number of hydrogen-bond acceptors (Lipinski definition) is 7. The molecule has 0 bridgehead atoms. The third-order valence-corrected chi connectivity index (χ3v) is 12.6. The molecule has 3 heterocycles. The topological polar surface area (TPSA) is 120 Å². The molecule has 2 aromatic carbocycles. The van der Waals surface area contributed by atoms with Crippen LogP contribution in [0.5, 0.6) is 5.75 Å². The number of hydrogen-bond donors (Lipinski definition) is 2. The first kappa shape index (κ1) is 35.9. The Bertz CT molecular complexity index is 2090. The highest BCUT2D eigenvalue weighted by molar-refractivity contribution is 6.33. The molecule has 53 heavy (non-hydrogen) atoms. The van der Waals surface area contributed by atoms with E-state index in [0.29, 0.717) is 33.4 Å². The summed E-state index contributed by atoms with van der Waals surface area (Å²) in [7, 11) is 0. The number of phenols is 1. The van der Waals surface area contributed by atoms with Crippen molar-refractivity contribution in [1.29, 1.82) is 0 Å². The fraction of sp³-hybridized carbons (Fsp3) is 0.395. The first-order chi connectivity index (χ1) is 25.2. The SMILES string of the molecule is O=C1[C@@H]2C[C@@H]3C(=CC[C@@H]4C(=O)N(C5CCCCC5)C(=O)[C@@H]43)[C@H](c3cc(Cl)ccc3O)[C@]2(c2ccc(Cl)cc2)C(=O)N1Nc1ncc(C(F)(F)F)cc1Cl. The molecule has 2 saturated heterocycles. The number of imide groups is 2. The van der Waals surface area contributed by atoms with Crippen LogP contribution in [0.2, 0.25) is 15.1 Å². The van der Waals surface area contributed by atoms with Crippen molar-refractivity contribution in [3.8, 4) is 5.75 Å². The summed E-state index contributed by atoms with van der Waals surface area (Å²) < 4.78 is 40.4. The van der Waals surface area contributed by atoms with E-state index < -0.39 is 63.6 Å². The number of hydrazine groups is 1. The minimum Gasteiger partial charge on any atom is -0.508 e. The predicted molar refractivity (Wildman–Crippen MR) is 189 cm³/mol. The second-order valence-electron chi connectivity index (χ2n) is 14.5. The number of nitrogens with zero attached hydrogens (tertiary/aromatic N) is 3. The summed E-state index contributed by atoms with van der Waals surface area (Å²) in [5.74, 6) is -7.12. The number of benzene rings is 2. The molecule has 2 saturated carbocycles. The molecule has 3 aliphatic carbocycles. The number of fused-ring (bicyclic) bond motifs is 4. The summed E-state index contributed by atoms with van der Waals surface area (Å²) in [6.07, 6.45) is 2.11. The Kier molecular flexibility index (Phi) is 8.81. The molecule has 1 aromatic heterocycles. The number of anilines is 1. The highest BCUT2D eigenvalue weighted by Gasteiger charge is 2.71. The van der Waals surface area contributed by atoms with Gasteiger partial charge in [0.25, 0.3) is 11.8 Å². The lowest BCUT2D eigenvalue weighted by Gasteiger charge is -2.50. The van der Waals surface area contributed by atoms with Crippen LogP contribution in [0, 0.1) is 23.7 Å². The van der Waals surface area contributed by atoms with Gasteiger partial charge in [0, 0.05) is 33.8 Å². The number of amides is 4. The second kappa shape index (κ2) is 13.0. The average molecular weight is 788 g/mol. The van der Waals surface area contributed by atoms with Crippen LogP contribution < -0.4 is 5.43 Å². The van der Waals surface area contributed by atoms with E-state index in [4.69, 9.17) is 34.8 Å². The summed E-state index contributed by atoms with van der Waals surface area (Å²) in [6.45, 7) is 0. The molecule has 2 aliphatic heterocycles. The Morgan fingerprint density at radius 1 is 0.868 bits per heavy atom. The maximum Gasteiger partial charge on any atom is 0.417 e. The zero-order valence-electron chi connectivity index (χ0n) is 27.9. The number of rotatable bonds is 5. The molecule has 0 unspecified atom stereocenters. The smallest absolute Gasteiger partial charge is 0.417 e.